The highest BCUT2D eigenvalue weighted by molar-refractivity contribution is 5.76. The van der Waals surface area contributed by atoms with Crippen molar-refractivity contribution in [2.24, 2.45) is 0 Å². The van der Waals surface area contributed by atoms with Crippen LogP contribution in [-0.4, -0.2) is 18.5 Å². The molecule has 1 aromatic carbocycles. The van der Waals surface area contributed by atoms with E-state index in [2.05, 4.69) is 55.7 Å². The smallest absolute Gasteiger partial charge is 0.221 e. The van der Waals surface area contributed by atoms with Crippen LogP contribution in [0.1, 0.15) is 44.4 Å². The van der Waals surface area contributed by atoms with Crippen molar-refractivity contribution in [1.82, 2.24) is 10.6 Å². The van der Waals surface area contributed by atoms with Crippen molar-refractivity contribution in [1.29, 1.82) is 0 Å². The summed E-state index contributed by atoms with van der Waals surface area (Å²) in [5, 5.41) is 6.25. The number of amides is 1. The average molecular weight is 248 g/mol. The lowest BCUT2D eigenvalue weighted by atomic mass is 10.1. The molecule has 0 unspecified atom stereocenters. The number of aryl methyl sites for hydroxylation is 1. The van der Waals surface area contributed by atoms with Crippen LogP contribution in [-0.2, 0) is 4.79 Å². The van der Waals surface area contributed by atoms with E-state index in [0.717, 1.165) is 12.1 Å². The quantitative estimate of drug-likeness (QED) is 0.812. The molecular formula is C15H24N2O. The zero-order valence-electron chi connectivity index (χ0n) is 11.8. The molecule has 0 radical (unpaired) electrons. The maximum absolute atomic E-state index is 11.7. The lowest BCUT2D eigenvalue weighted by molar-refractivity contribution is -0.121. The van der Waals surface area contributed by atoms with Crippen LogP contribution in [0, 0.1) is 6.92 Å². The van der Waals surface area contributed by atoms with E-state index < -0.39 is 0 Å². The Morgan fingerprint density at radius 3 is 2.33 bits per heavy atom. The first-order valence-electron chi connectivity index (χ1n) is 6.58. The van der Waals surface area contributed by atoms with E-state index in [4.69, 9.17) is 0 Å². The van der Waals surface area contributed by atoms with Crippen molar-refractivity contribution in [3.05, 3.63) is 35.4 Å². The predicted molar refractivity (Wildman–Crippen MR) is 75.5 cm³/mol. The number of benzene rings is 1. The van der Waals surface area contributed by atoms with Crippen LogP contribution in [0.4, 0.5) is 0 Å². The second kappa shape index (κ2) is 7.17. The van der Waals surface area contributed by atoms with Gasteiger partial charge in [0.25, 0.3) is 0 Å². The van der Waals surface area contributed by atoms with Crippen LogP contribution in [0.2, 0.25) is 0 Å². The fourth-order valence-electron chi connectivity index (χ4n) is 1.73. The van der Waals surface area contributed by atoms with Gasteiger partial charge in [-0.25, -0.2) is 0 Å². The number of carbonyl (C=O) groups excluding carboxylic acids is 1. The molecule has 0 fully saturated rings. The summed E-state index contributed by atoms with van der Waals surface area (Å²) in [5.41, 5.74) is 2.38. The molecule has 0 saturated carbocycles. The van der Waals surface area contributed by atoms with Gasteiger partial charge in [-0.3, -0.25) is 4.79 Å². The molecule has 0 aliphatic rings. The molecule has 18 heavy (non-hydrogen) atoms. The maximum Gasteiger partial charge on any atom is 0.221 e. The highest BCUT2D eigenvalue weighted by Crippen LogP contribution is 2.12. The van der Waals surface area contributed by atoms with Crippen molar-refractivity contribution < 1.29 is 4.79 Å². The average Bonchev–Trinajstić information content (AvgIpc) is 2.29. The zero-order valence-corrected chi connectivity index (χ0v) is 11.8. The summed E-state index contributed by atoms with van der Waals surface area (Å²) < 4.78 is 0. The van der Waals surface area contributed by atoms with Gasteiger partial charge in [0.05, 0.1) is 6.04 Å². The summed E-state index contributed by atoms with van der Waals surface area (Å²) in [4.78, 5) is 11.7. The molecule has 2 N–H and O–H groups in total. The Kier molecular flexibility index (Phi) is 5.86. The van der Waals surface area contributed by atoms with E-state index in [1.807, 2.05) is 6.92 Å². The van der Waals surface area contributed by atoms with Gasteiger partial charge in [0.15, 0.2) is 0 Å². The molecule has 1 amide bonds. The van der Waals surface area contributed by atoms with Crippen molar-refractivity contribution in [2.45, 2.75) is 46.2 Å². The molecule has 0 heterocycles. The molecule has 0 aromatic heterocycles. The number of hydrogen-bond acceptors (Lipinski definition) is 2. The SMILES string of the molecule is Cc1ccc([C@H](C)NC(=O)CCNC(C)C)cc1. The standard InChI is InChI=1S/C15H24N2O/c1-11(2)16-10-9-15(18)17-13(4)14-7-5-12(3)6-8-14/h5-8,11,13,16H,9-10H2,1-4H3,(H,17,18)/t13-/m0/s1. The number of hydrogen-bond donors (Lipinski definition) is 2. The van der Waals surface area contributed by atoms with Crippen LogP contribution in [0.15, 0.2) is 24.3 Å². The predicted octanol–water partition coefficient (Wildman–Crippen LogP) is 2.56. The Hall–Kier alpha value is -1.35. The maximum atomic E-state index is 11.7. The minimum absolute atomic E-state index is 0.0668. The second-order valence-corrected chi connectivity index (χ2v) is 5.06. The summed E-state index contributed by atoms with van der Waals surface area (Å²) in [7, 11) is 0. The molecule has 3 nitrogen and oxygen atoms in total. The summed E-state index contributed by atoms with van der Waals surface area (Å²) in [6.45, 7) is 8.95. The first-order chi connectivity index (χ1) is 8.49. The van der Waals surface area contributed by atoms with Crippen molar-refractivity contribution >= 4 is 5.91 Å². The molecule has 0 saturated heterocycles. The van der Waals surface area contributed by atoms with E-state index in [9.17, 15) is 4.79 Å². The van der Waals surface area contributed by atoms with E-state index in [0.29, 0.717) is 12.5 Å². The first kappa shape index (κ1) is 14.7. The first-order valence-corrected chi connectivity index (χ1v) is 6.58. The Morgan fingerprint density at radius 1 is 1.17 bits per heavy atom. The van der Waals surface area contributed by atoms with Gasteiger partial charge >= 0.3 is 0 Å². The molecule has 3 heteroatoms. The highest BCUT2D eigenvalue weighted by atomic mass is 16.1. The number of carbonyl (C=O) groups is 1. The molecule has 0 spiro atoms. The normalized spacial score (nSPS) is 12.5. The number of rotatable bonds is 6. The monoisotopic (exact) mass is 248 g/mol. The van der Waals surface area contributed by atoms with Crippen LogP contribution >= 0.6 is 0 Å². The molecule has 1 rings (SSSR count). The molecule has 1 aromatic rings. The number of nitrogens with one attached hydrogen (secondary N) is 2. The van der Waals surface area contributed by atoms with Crippen molar-refractivity contribution in [3.8, 4) is 0 Å². The highest BCUT2D eigenvalue weighted by Gasteiger charge is 2.08. The lowest BCUT2D eigenvalue weighted by Crippen LogP contribution is -2.31. The third-order valence-electron chi connectivity index (χ3n) is 2.86. The molecule has 0 aliphatic heterocycles. The largest absolute Gasteiger partial charge is 0.350 e. The third-order valence-corrected chi connectivity index (χ3v) is 2.86. The van der Waals surface area contributed by atoms with Gasteiger partial charge in [-0.1, -0.05) is 43.7 Å². The summed E-state index contributed by atoms with van der Waals surface area (Å²) in [6, 6.07) is 8.75. The molecular weight excluding hydrogens is 224 g/mol. The zero-order chi connectivity index (χ0) is 13.5. The molecule has 100 valence electrons. The van der Waals surface area contributed by atoms with E-state index >= 15 is 0 Å². The van der Waals surface area contributed by atoms with Crippen LogP contribution in [0.5, 0.6) is 0 Å². The Bertz CT molecular complexity index is 371. The van der Waals surface area contributed by atoms with E-state index in [-0.39, 0.29) is 11.9 Å². The summed E-state index contributed by atoms with van der Waals surface area (Å²) in [5.74, 6) is 0.0937. The summed E-state index contributed by atoms with van der Waals surface area (Å²) in [6.07, 6.45) is 0.522. The topological polar surface area (TPSA) is 41.1 Å². The minimum atomic E-state index is 0.0668. The fraction of sp³-hybridized carbons (Fsp3) is 0.533. The van der Waals surface area contributed by atoms with E-state index in [1.165, 1.54) is 5.56 Å². The molecule has 1 atom stereocenters. The van der Waals surface area contributed by atoms with E-state index in [1.54, 1.807) is 0 Å². The van der Waals surface area contributed by atoms with Gasteiger partial charge < -0.3 is 10.6 Å². The minimum Gasteiger partial charge on any atom is -0.350 e. The van der Waals surface area contributed by atoms with Crippen molar-refractivity contribution in [3.63, 3.8) is 0 Å². The molecule has 0 aliphatic carbocycles. The van der Waals surface area contributed by atoms with Gasteiger partial charge in [-0.05, 0) is 19.4 Å². The Balaban J connectivity index is 2.37. The third kappa shape index (κ3) is 5.32. The second-order valence-electron chi connectivity index (χ2n) is 5.06. The van der Waals surface area contributed by atoms with Crippen LogP contribution in [0.3, 0.4) is 0 Å². The fourth-order valence-corrected chi connectivity index (χ4v) is 1.73. The van der Waals surface area contributed by atoms with Gasteiger partial charge in [-0.15, -0.1) is 0 Å². The van der Waals surface area contributed by atoms with Crippen molar-refractivity contribution in [2.75, 3.05) is 6.54 Å². The summed E-state index contributed by atoms with van der Waals surface area (Å²) >= 11 is 0. The van der Waals surface area contributed by atoms with Gasteiger partial charge in [0.1, 0.15) is 0 Å². The Labute approximate surface area is 110 Å². The van der Waals surface area contributed by atoms with Crippen LogP contribution < -0.4 is 10.6 Å². The lowest BCUT2D eigenvalue weighted by Gasteiger charge is -2.15. The molecule has 0 bridgehead atoms. The van der Waals surface area contributed by atoms with Gasteiger partial charge in [0.2, 0.25) is 5.91 Å². The van der Waals surface area contributed by atoms with Crippen LogP contribution in [0.25, 0.3) is 0 Å². The van der Waals surface area contributed by atoms with Gasteiger partial charge in [0, 0.05) is 19.0 Å². The Morgan fingerprint density at radius 2 is 1.78 bits per heavy atom. The van der Waals surface area contributed by atoms with Gasteiger partial charge in [-0.2, -0.15) is 0 Å².